The molecule has 5 rings (SSSR count). The van der Waals surface area contributed by atoms with Gasteiger partial charge in [-0.05, 0) is 122 Å². The zero-order valence-electron chi connectivity index (χ0n) is 40.0. The van der Waals surface area contributed by atoms with E-state index in [4.69, 9.17) is 33.2 Å². The van der Waals surface area contributed by atoms with Gasteiger partial charge in [0.1, 0.15) is 53.1 Å². The second-order valence-corrected chi connectivity index (χ2v) is 21.3. The molecule has 2 N–H and O–H groups in total. The Hall–Kier alpha value is -4.33. The Bertz CT molecular complexity index is 1930. The number of alkyl carbamates (subject to hydrolysis) is 1. The van der Waals surface area contributed by atoms with Crippen LogP contribution in [0, 0.1) is 11.8 Å². The van der Waals surface area contributed by atoms with E-state index in [2.05, 4.69) is 37.4 Å². The van der Waals surface area contributed by atoms with E-state index in [1.165, 1.54) is 6.33 Å². The molecule has 19 heteroatoms. The summed E-state index contributed by atoms with van der Waals surface area (Å²) in [5, 5.41) is 5.44. The molecule has 3 unspecified atom stereocenters. The second-order valence-electron chi connectivity index (χ2n) is 21.3. The van der Waals surface area contributed by atoms with E-state index in [1.807, 2.05) is 34.6 Å². The first kappa shape index (κ1) is 49.7. The standard InChI is InChI=1S/C44H72N8O11/c1-16-26-19-27(22-51(21-26)39(56)63-43(11,12)13)20-50(18-17-28(36(53)60-40(2,3)4)48-37(54)61-41(5,6)7)23-29-31-32(59-44(14,15)58-31)35(57-29)52-25-47-30-33(45-24-46-34(30)52)49-38(55)62-42(8,9)10/h24-29,31-32,35H,16-23H2,1-15H3,(H,48,54)(H,45,46,49,55)/t26?,27?,28?,29-,31-,32-,35-/m1/s1. The van der Waals surface area contributed by atoms with Crippen molar-refractivity contribution in [2.75, 3.05) is 38.0 Å². The number of carbonyl (C=O) groups excluding carboxylic acids is 4. The van der Waals surface area contributed by atoms with E-state index < -0.39 is 76.9 Å². The Balaban J connectivity index is 1.45. The number of rotatable bonds is 12. The van der Waals surface area contributed by atoms with Crippen LogP contribution in [-0.2, 0) is 38.0 Å². The molecule has 0 bridgehead atoms. The normalized spacial score (nSPS) is 24.5. The Morgan fingerprint density at radius 2 is 1.41 bits per heavy atom. The Labute approximate surface area is 371 Å². The highest BCUT2D eigenvalue weighted by atomic mass is 16.8. The summed E-state index contributed by atoms with van der Waals surface area (Å²) in [6, 6.07) is -1.04. The number of anilines is 1. The summed E-state index contributed by atoms with van der Waals surface area (Å²) in [6.07, 6.45) is 0.609. The fourth-order valence-corrected chi connectivity index (χ4v) is 8.04. The van der Waals surface area contributed by atoms with Gasteiger partial charge in [-0.1, -0.05) is 13.3 Å². The van der Waals surface area contributed by atoms with Crippen molar-refractivity contribution < 1.29 is 52.3 Å². The summed E-state index contributed by atoms with van der Waals surface area (Å²) in [7, 11) is 0. The first-order valence-corrected chi connectivity index (χ1v) is 22.1. The van der Waals surface area contributed by atoms with Crippen LogP contribution in [0.15, 0.2) is 12.7 Å². The number of esters is 1. The molecule has 3 amide bonds. The largest absolute Gasteiger partial charge is 0.458 e. The Morgan fingerprint density at radius 3 is 2.03 bits per heavy atom. The van der Waals surface area contributed by atoms with Crippen molar-refractivity contribution in [2.24, 2.45) is 11.8 Å². The van der Waals surface area contributed by atoms with Gasteiger partial charge in [-0.15, -0.1) is 0 Å². The van der Waals surface area contributed by atoms with Gasteiger partial charge in [0.25, 0.3) is 0 Å². The monoisotopic (exact) mass is 889 g/mol. The molecule has 0 aliphatic carbocycles. The summed E-state index contributed by atoms with van der Waals surface area (Å²) in [5.41, 5.74) is -2.25. The molecule has 0 radical (unpaired) electrons. The van der Waals surface area contributed by atoms with Gasteiger partial charge in [-0.2, -0.15) is 0 Å². The molecule has 3 aliphatic rings. The maximum Gasteiger partial charge on any atom is 0.413 e. The summed E-state index contributed by atoms with van der Waals surface area (Å²) < 4.78 is 44.3. The fraction of sp³-hybridized carbons (Fsp3) is 0.795. The highest BCUT2D eigenvalue weighted by Crippen LogP contribution is 2.44. The van der Waals surface area contributed by atoms with Crippen molar-refractivity contribution in [2.45, 2.75) is 182 Å². The molecule has 2 aromatic heterocycles. The first-order valence-electron chi connectivity index (χ1n) is 22.1. The molecule has 2 aromatic rings. The maximum absolute atomic E-state index is 13.7. The van der Waals surface area contributed by atoms with Crippen LogP contribution in [0.3, 0.4) is 0 Å². The minimum Gasteiger partial charge on any atom is -0.458 e. The lowest BCUT2D eigenvalue weighted by Gasteiger charge is -2.40. The number of nitrogens with one attached hydrogen (secondary N) is 2. The molecule has 0 aromatic carbocycles. The van der Waals surface area contributed by atoms with E-state index in [9.17, 15) is 19.2 Å². The third-order valence-electron chi connectivity index (χ3n) is 10.3. The van der Waals surface area contributed by atoms with Crippen molar-refractivity contribution in [3.63, 3.8) is 0 Å². The summed E-state index contributed by atoms with van der Waals surface area (Å²) in [5.74, 6) is -1.09. The van der Waals surface area contributed by atoms with E-state index in [1.54, 1.807) is 78.1 Å². The molecule has 0 saturated carbocycles. The van der Waals surface area contributed by atoms with Crippen molar-refractivity contribution >= 4 is 41.2 Å². The number of likely N-dealkylation sites (tertiary alicyclic amines) is 1. The second kappa shape index (κ2) is 19.0. The van der Waals surface area contributed by atoms with E-state index in [-0.39, 0.29) is 30.2 Å². The van der Waals surface area contributed by atoms with Crippen molar-refractivity contribution in [3.05, 3.63) is 12.7 Å². The maximum atomic E-state index is 13.7. The minimum atomic E-state index is -1.04. The SMILES string of the molecule is CCC1CC(CN(CCC(NC(=O)OC(C)(C)C)C(=O)OC(C)(C)C)C[C@H]2O[C@@H](n3cnc4c(NC(=O)OC(C)(C)C)ncnc43)[C@@H]3OC(C)(C)O[C@@H]32)CN(C(=O)OC(C)(C)C)C1. The van der Waals surface area contributed by atoms with Crippen LogP contribution in [0.4, 0.5) is 20.2 Å². The van der Waals surface area contributed by atoms with Crippen molar-refractivity contribution in [3.8, 4) is 0 Å². The Kier molecular flexibility index (Phi) is 15.0. The molecular weight excluding hydrogens is 817 g/mol. The molecule has 3 saturated heterocycles. The molecule has 63 heavy (non-hydrogen) atoms. The number of imidazole rings is 1. The van der Waals surface area contributed by atoms with Crippen LogP contribution in [0.25, 0.3) is 11.2 Å². The van der Waals surface area contributed by atoms with Gasteiger partial charge < -0.3 is 48.3 Å². The van der Waals surface area contributed by atoms with Crippen molar-refractivity contribution in [1.29, 1.82) is 0 Å². The number of hydrogen-bond donors (Lipinski definition) is 2. The summed E-state index contributed by atoms with van der Waals surface area (Å²) >= 11 is 0. The summed E-state index contributed by atoms with van der Waals surface area (Å²) in [4.78, 5) is 70.3. The number of aromatic nitrogens is 4. The lowest BCUT2D eigenvalue weighted by molar-refractivity contribution is -0.198. The van der Waals surface area contributed by atoms with Gasteiger partial charge in [0, 0.05) is 32.7 Å². The molecule has 3 fully saturated rings. The Morgan fingerprint density at radius 1 is 0.810 bits per heavy atom. The number of nitrogens with zero attached hydrogens (tertiary/aromatic N) is 6. The number of carbonyl (C=O) groups is 4. The van der Waals surface area contributed by atoms with E-state index in [0.717, 1.165) is 12.8 Å². The quantitative estimate of drug-likeness (QED) is 0.166. The number of fused-ring (bicyclic) bond motifs is 2. The number of piperidine rings is 1. The lowest BCUT2D eigenvalue weighted by Crippen LogP contribution is -2.51. The number of hydrogen-bond acceptors (Lipinski definition) is 15. The number of amides is 3. The molecule has 7 atom stereocenters. The highest BCUT2D eigenvalue weighted by Gasteiger charge is 2.56. The zero-order chi connectivity index (χ0) is 46.9. The average Bonchev–Trinajstić information content (AvgIpc) is 3.77. The predicted octanol–water partition coefficient (Wildman–Crippen LogP) is 6.80. The highest BCUT2D eigenvalue weighted by molar-refractivity contribution is 5.93. The number of ether oxygens (including phenoxy) is 7. The van der Waals surface area contributed by atoms with Gasteiger partial charge in [-0.25, -0.2) is 34.1 Å². The van der Waals surface area contributed by atoms with E-state index >= 15 is 0 Å². The van der Waals surface area contributed by atoms with Gasteiger partial charge in [0.05, 0.1) is 6.33 Å². The molecule has 3 aliphatic heterocycles. The zero-order valence-corrected chi connectivity index (χ0v) is 40.0. The van der Waals surface area contributed by atoms with Crippen LogP contribution >= 0.6 is 0 Å². The first-order chi connectivity index (χ1) is 29.0. The van der Waals surface area contributed by atoms with Crippen LogP contribution in [0.2, 0.25) is 0 Å². The van der Waals surface area contributed by atoms with E-state index in [0.29, 0.717) is 43.9 Å². The molecule has 5 heterocycles. The molecular formula is C44H72N8O11. The minimum absolute atomic E-state index is 0.0328. The van der Waals surface area contributed by atoms with Gasteiger partial charge in [0.15, 0.2) is 29.0 Å². The van der Waals surface area contributed by atoms with Crippen molar-refractivity contribution in [1.82, 2.24) is 34.6 Å². The van der Waals surface area contributed by atoms with Crippen LogP contribution < -0.4 is 10.6 Å². The molecule has 354 valence electrons. The average molecular weight is 889 g/mol. The van der Waals surface area contributed by atoms with Gasteiger partial charge in [-0.3, -0.25) is 9.88 Å². The topological polar surface area (TPSA) is 207 Å². The smallest absolute Gasteiger partial charge is 0.413 e. The molecule has 19 nitrogen and oxygen atoms in total. The third kappa shape index (κ3) is 14.3. The third-order valence-corrected chi connectivity index (χ3v) is 10.3. The van der Waals surface area contributed by atoms with Crippen LogP contribution in [0.5, 0.6) is 0 Å². The predicted molar refractivity (Wildman–Crippen MR) is 233 cm³/mol. The van der Waals surface area contributed by atoms with Gasteiger partial charge in [0.2, 0.25) is 0 Å². The summed E-state index contributed by atoms with van der Waals surface area (Å²) in [6.45, 7) is 29.5. The molecule has 0 spiro atoms. The van der Waals surface area contributed by atoms with Crippen LogP contribution in [-0.4, -0.2) is 139 Å². The van der Waals surface area contributed by atoms with Gasteiger partial charge >= 0.3 is 24.2 Å². The van der Waals surface area contributed by atoms with Crippen LogP contribution in [0.1, 0.15) is 129 Å². The lowest BCUT2D eigenvalue weighted by atomic mass is 9.87. The fourth-order valence-electron chi connectivity index (χ4n) is 8.04.